The molecule has 0 bridgehead atoms. The quantitative estimate of drug-likeness (QED) is 0.166. The lowest BCUT2D eigenvalue weighted by atomic mass is 9.96. The molecule has 10 nitrogen and oxygen atoms in total. The molecule has 2 heterocycles. The maximum atomic E-state index is 12.3. The summed E-state index contributed by atoms with van der Waals surface area (Å²) in [4.78, 5) is 31.1. The van der Waals surface area contributed by atoms with Gasteiger partial charge in [0.05, 0.1) is 15.1 Å². The van der Waals surface area contributed by atoms with Crippen LogP contribution in [0.5, 0.6) is 0 Å². The van der Waals surface area contributed by atoms with Crippen molar-refractivity contribution in [3.63, 3.8) is 0 Å². The Morgan fingerprint density at radius 1 is 1.33 bits per heavy atom. The van der Waals surface area contributed by atoms with Gasteiger partial charge in [0.2, 0.25) is 0 Å². The Labute approximate surface area is 193 Å². The Morgan fingerprint density at radius 2 is 2.09 bits per heavy atom. The van der Waals surface area contributed by atoms with E-state index in [1.807, 2.05) is 24.3 Å². The summed E-state index contributed by atoms with van der Waals surface area (Å²) in [5.41, 5.74) is 6.63. The molecule has 0 radical (unpaired) electrons. The first-order valence-corrected chi connectivity index (χ1v) is 11.2. The lowest BCUT2D eigenvalue weighted by Crippen LogP contribution is -2.32. The number of aromatic nitrogens is 1. The maximum absolute atomic E-state index is 12.3. The van der Waals surface area contributed by atoms with E-state index in [9.17, 15) is 20.0 Å². The lowest BCUT2D eigenvalue weighted by Gasteiger charge is -2.23. The van der Waals surface area contributed by atoms with Crippen molar-refractivity contribution >= 4 is 32.4 Å². The van der Waals surface area contributed by atoms with Crippen molar-refractivity contribution in [1.82, 2.24) is 4.98 Å². The van der Waals surface area contributed by atoms with Crippen molar-refractivity contribution < 1.29 is 24.6 Å². The minimum absolute atomic E-state index is 0.0449. The number of thiophene rings is 1. The molecule has 11 heteroatoms. The molecule has 1 fully saturated rings. The second kappa shape index (κ2) is 9.69. The molecular formula is C22H24N4O6S. The molecule has 0 aliphatic heterocycles. The summed E-state index contributed by atoms with van der Waals surface area (Å²) in [6.07, 6.45) is 3.64. The minimum atomic E-state index is -0.907. The summed E-state index contributed by atoms with van der Waals surface area (Å²) in [5.74, 6) is -0.842. The molecule has 0 amide bonds. The van der Waals surface area contributed by atoms with Crippen LogP contribution in [0.15, 0.2) is 48.8 Å². The number of ether oxygens (including phenoxy) is 1. The number of hydrogen-bond acceptors (Lipinski definition) is 10. The van der Waals surface area contributed by atoms with Crippen LogP contribution in [-0.2, 0) is 21.0 Å². The molecule has 2 aromatic heterocycles. The topological polar surface area (TPSA) is 150 Å². The van der Waals surface area contributed by atoms with Gasteiger partial charge in [-0.1, -0.05) is 24.3 Å². The normalized spacial score (nSPS) is 16.1. The highest BCUT2D eigenvalue weighted by Crippen LogP contribution is 2.47. The molecule has 2 atom stereocenters. The average Bonchev–Trinajstić information content (AvgIpc) is 3.50. The predicted molar refractivity (Wildman–Crippen MR) is 122 cm³/mol. The van der Waals surface area contributed by atoms with Crippen molar-refractivity contribution in [1.29, 1.82) is 0 Å². The molecule has 0 spiro atoms. The number of aliphatic hydroxyl groups excluding tert-OH is 1. The Hall–Kier alpha value is -3.28. The fraction of sp³-hybridized carbons (Fsp3) is 0.364. The number of esters is 1. The molecule has 0 unspecified atom stereocenters. The van der Waals surface area contributed by atoms with Gasteiger partial charge in [-0.25, -0.2) is 0 Å². The van der Waals surface area contributed by atoms with E-state index in [1.165, 1.54) is 11.3 Å². The summed E-state index contributed by atoms with van der Waals surface area (Å²) in [6, 6.07) is 11.1. The largest absolute Gasteiger partial charge is 0.460 e. The van der Waals surface area contributed by atoms with Crippen LogP contribution in [0.1, 0.15) is 29.9 Å². The number of aliphatic hydroxyl groups is 1. The molecule has 174 valence electrons. The van der Waals surface area contributed by atoms with Crippen molar-refractivity contribution in [2.24, 2.45) is 11.1 Å². The van der Waals surface area contributed by atoms with Crippen molar-refractivity contribution in [2.75, 3.05) is 18.5 Å². The molecule has 33 heavy (non-hydrogen) atoms. The van der Waals surface area contributed by atoms with E-state index >= 15 is 0 Å². The van der Waals surface area contributed by atoms with Crippen LogP contribution in [0, 0.1) is 15.5 Å². The lowest BCUT2D eigenvalue weighted by molar-refractivity contribution is -0.759. The number of hydrogen-bond donors (Lipinski definition) is 3. The summed E-state index contributed by atoms with van der Waals surface area (Å²) in [5, 5.41) is 25.2. The number of nitrogens with two attached hydrogens (primary N) is 1. The van der Waals surface area contributed by atoms with E-state index in [1.54, 1.807) is 24.5 Å². The van der Waals surface area contributed by atoms with Gasteiger partial charge in [-0.2, -0.15) is 0 Å². The fourth-order valence-electron chi connectivity index (χ4n) is 3.55. The highest BCUT2D eigenvalue weighted by molar-refractivity contribution is 7.22. The van der Waals surface area contributed by atoms with Gasteiger partial charge in [0.15, 0.2) is 0 Å². The number of fused-ring (bicyclic) bond motifs is 1. The molecular weight excluding hydrogens is 448 g/mol. The second-order valence-electron chi connectivity index (χ2n) is 8.05. The van der Waals surface area contributed by atoms with Gasteiger partial charge in [0.1, 0.15) is 19.4 Å². The number of anilines is 1. The SMILES string of the molecule is NC[C@H](c1ccc(COC(=O)C2(CO[N+](=O)[O-])CC2)cc1)[C@H](O)Nc1cc2ccncc2s1. The zero-order valence-electron chi connectivity index (χ0n) is 17.7. The molecule has 1 aromatic carbocycles. The van der Waals surface area contributed by atoms with E-state index in [0.717, 1.165) is 26.2 Å². The molecule has 1 aliphatic rings. The number of nitrogens with one attached hydrogen (secondary N) is 1. The van der Waals surface area contributed by atoms with Gasteiger partial charge >= 0.3 is 5.97 Å². The zero-order chi connectivity index (χ0) is 23.4. The fourth-order valence-corrected chi connectivity index (χ4v) is 4.51. The third-order valence-electron chi connectivity index (χ3n) is 5.76. The number of nitrogens with zero attached hydrogens (tertiary/aromatic N) is 2. The van der Waals surface area contributed by atoms with Crippen LogP contribution in [0.2, 0.25) is 0 Å². The molecule has 0 saturated heterocycles. The first-order valence-electron chi connectivity index (χ1n) is 10.4. The molecule has 1 aliphatic carbocycles. The summed E-state index contributed by atoms with van der Waals surface area (Å²) >= 11 is 1.50. The molecule has 4 rings (SSSR count). The van der Waals surface area contributed by atoms with E-state index in [-0.39, 0.29) is 25.7 Å². The van der Waals surface area contributed by atoms with Gasteiger partial charge in [-0.05, 0) is 41.5 Å². The summed E-state index contributed by atoms with van der Waals surface area (Å²) in [7, 11) is 0. The van der Waals surface area contributed by atoms with Gasteiger partial charge in [-0.3, -0.25) is 9.78 Å². The Morgan fingerprint density at radius 3 is 2.73 bits per heavy atom. The third kappa shape index (κ3) is 5.38. The van der Waals surface area contributed by atoms with E-state index < -0.39 is 22.7 Å². The van der Waals surface area contributed by atoms with Gasteiger partial charge < -0.3 is 25.7 Å². The monoisotopic (exact) mass is 472 g/mol. The highest BCUT2D eigenvalue weighted by atomic mass is 32.1. The second-order valence-corrected chi connectivity index (χ2v) is 9.13. The van der Waals surface area contributed by atoms with Crippen LogP contribution in [-0.4, -0.2) is 40.5 Å². The summed E-state index contributed by atoms with van der Waals surface area (Å²) in [6.45, 7) is -0.00564. The Kier molecular flexibility index (Phi) is 6.72. The molecule has 3 aromatic rings. The average molecular weight is 473 g/mol. The summed E-state index contributed by atoms with van der Waals surface area (Å²) < 4.78 is 6.36. The molecule has 4 N–H and O–H groups in total. The van der Waals surface area contributed by atoms with Gasteiger partial charge in [0.25, 0.3) is 5.09 Å². The van der Waals surface area contributed by atoms with Crippen molar-refractivity contribution in [2.45, 2.75) is 31.6 Å². The maximum Gasteiger partial charge on any atom is 0.314 e. The first kappa shape index (κ1) is 22.9. The molecule has 1 saturated carbocycles. The van der Waals surface area contributed by atoms with E-state index in [0.29, 0.717) is 12.8 Å². The van der Waals surface area contributed by atoms with Crippen LogP contribution in [0.25, 0.3) is 10.1 Å². The third-order valence-corrected chi connectivity index (χ3v) is 6.78. The Balaban J connectivity index is 1.34. The van der Waals surface area contributed by atoms with Crippen molar-refractivity contribution in [3.05, 3.63) is 70.0 Å². The standard InChI is InChI=1S/C22H24N4O6S/c23-10-17(20(27)25-19-9-16-5-8-24-11-18(16)33-19)15-3-1-14(2-4-15)12-31-21(28)22(6-7-22)13-32-26(29)30/h1-5,8-9,11,17,20,25,27H,6-7,10,12-13,23H2/t17-,20+/m1/s1. The smallest absolute Gasteiger partial charge is 0.314 e. The number of carbonyl (C=O) groups is 1. The number of pyridine rings is 1. The number of carbonyl (C=O) groups excluding carboxylic acids is 1. The predicted octanol–water partition coefficient (Wildman–Crippen LogP) is 2.80. The zero-order valence-corrected chi connectivity index (χ0v) is 18.5. The van der Waals surface area contributed by atoms with E-state index in [4.69, 9.17) is 10.5 Å². The minimum Gasteiger partial charge on any atom is -0.460 e. The number of benzene rings is 1. The van der Waals surface area contributed by atoms with Gasteiger partial charge in [-0.15, -0.1) is 21.5 Å². The van der Waals surface area contributed by atoms with Crippen molar-refractivity contribution in [3.8, 4) is 0 Å². The van der Waals surface area contributed by atoms with Crippen LogP contribution in [0.3, 0.4) is 0 Å². The Bertz CT molecular complexity index is 1100. The van der Waals surface area contributed by atoms with Crippen LogP contribution in [0.4, 0.5) is 5.00 Å². The highest BCUT2D eigenvalue weighted by Gasteiger charge is 2.52. The van der Waals surface area contributed by atoms with E-state index in [2.05, 4.69) is 15.1 Å². The number of rotatable bonds is 11. The van der Waals surface area contributed by atoms with Gasteiger partial charge in [0, 0.05) is 24.9 Å². The van der Waals surface area contributed by atoms with Crippen LogP contribution >= 0.6 is 11.3 Å². The van der Waals surface area contributed by atoms with Crippen LogP contribution < -0.4 is 11.1 Å². The first-order chi connectivity index (χ1) is 15.9.